The second kappa shape index (κ2) is 9.84. The average Bonchev–Trinajstić information content (AvgIpc) is 2.64. The molecule has 0 aliphatic heterocycles. The molecule has 0 fully saturated rings. The van der Waals surface area contributed by atoms with Gasteiger partial charge in [-0.05, 0) is 49.9 Å². The molecule has 2 rings (SSSR count). The van der Waals surface area contributed by atoms with Crippen LogP contribution in [0.15, 0.2) is 41.4 Å². The highest BCUT2D eigenvalue weighted by atomic mass is 32.2. The molecule has 0 radical (unpaired) electrons. The number of hydrogen-bond acceptors (Lipinski definition) is 5. The Kier molecular flexibility index (Phi) is 7.90. The van der Waals surface area contributed by atoms with E-state index in [2.05, 4.69) is 21.8 Å². The minimum absolute atomic E-state index is 0.000909. The Hall–Kier alpha value is -2.37. The van der Waals surface area contributed by atoms with Crippen molar-refractivity contribution in [1.82, 2.24) is 0 Å². The van der Waals surface area contributed by atoms with E-state index in [9.17, 15) is 21.6 Å². The lowest BCUT2D eigenvalue weighted by Gasteiger charge is -2.12. The lowest BCUT2D eigenvalue weighted by molar-refractivity contribution is -0.0541. The van der Waals surface area contributed by atoms with Gasteiger partial charge in [0.25, 0.3) is 0 Å². The number of amidine groups is 1. The van der Waals surface area contributed by atoms with Crippen molar-refractivity contribution in [2.24, 2.45) is 4.99 Å². The molecule has 0 spiro atoms. The van der Waals surface area contributed by atoms with Crippen LogP contribution in [0, 0.1) is 26.2 Å². The van der Waals surface area contributed by atoms with Gasteiger partial charge in [0.15, 0.2) is 5.84 Å². The third-order valence-corrected chi connectivity index (χ3v) is 5.53. The van der Waals surface area contributed by atoms with Crippen LogP contribution >= 0.6 is 0 Å². The molecule has 2 aromatic rings. The number of alkyl halides is 3. The molecule has 0 amide bonds. The van der Waals surface area contributed by atoms with E-state index in [0.29, 0.717) is 28.0 Å². The zero-order valence-corrected chi connectivity index (χ0v) is 18.8. The number of nitrogens with zero attached hydrogens (tertiary/aromatic N) is 1. The van der Waals surface area contributed by atoms with E-state index < -0.39 is 22.2 Å². The Morgan fingerprint density at radius 3 is 2.29 bits per heavy atom. The largest absolute Gasteiger partial charge is 0.523 e. The number of aliphatic imine (C=N–C) groups is 1. The molecular weight excluding hydrogens is 453 g/mol. The Morgan fingerprint density at radius 2 is 1.71 bits per heavy atom. The lowest BCUT2D eigenvalue weighted by atomic mass is 10.0. The number of rotatable bonds is 6. The first-order valence-corrected chi connectivity index (χ1v) is 10.9. The van der Waals surface area contributed by atoms with E-state index in [4.69, 9.17) is 10.1 Å². The fourth-order valence-corrected chi connectivity index (χ4v) is 3.22. The van der Waals surface area contributed by atoms with Crippen LogP contribution in [0.4, 0.5) is 13.2 Å². The Bertz CT molecular complexity index is 1100. The molecule has 0 bridgehead atoms. The van der Waals surface area contributed by atoms with E-state index in [1.165, 1.54) is 0 Å². The number of nitrogens with one attached hydrogen (secondary N) is 1. The lowest BCUT2D eigenvalue weighted by Crippen LogP contribution is -2.26. The van der Waals surface area contributed by atoms with Crippen molar-refractivity contribution in [3.63, 3.8) is 0 Å². The summed E-state index contributed by atoms with van der Waals surface area (Å²) in [6.45, 7) is 4.72. The molecule has 0 aliphatic rings. The zero-order valence-electron chi connectivity index (χ0n) is 17.0. The zero-order chi connectivity index (χ0) is 23.4. The van der Waals surface area contributed by atoms with Gasteiger partial charge >= 0.3 is 20.9 Å². The summed E-state index contributed by atoms with van der Waals surface area (Å²) in [6, 6.07) is 10.6. The molecule has 0 atom stereocenters. The monoisotopic (exact) mass is 475 g/mol. The van der Waals surface area contributed by atoms with Crippen LogP contribution < -0.4 is 4.74 Å². The predicted molar refractivity (Wildman–Crippen MR) is 117 cm³/mol. The molecule has 31 heavy (non-hydrogen) atoms. The molecule has 0 heterocycles. The summed E-state index contributed by atoms with van der Waals surface area (Å²) in [5.41, 5.74) is -1.85. The number of benzene rings is 2. The molecule has 1 N–H and O–H groups in total. The van der Waals surface area contributed by atoms with Crippen molar-refractivity contribution >= 4 is 33.8 Å². The molecule has 0 saturated heterocycles. The molecular formula is C20H22F3N2O4S2+. The topological polar surface area (TPSA) is 88.8 Å². The molecule has 11 heteroatoms. The quantitative estimate of drug-likeness (QED) is 0.226. The smallest absolute Gasteiger partial charge is 0.402 e. The first-order valence-electron chi connectivity index (χ1n) is 8.99. The van der Waals surface area contributed by atoms with Crippen molar-refractivity contribution in [3.8, 4) is 5.75 Å². The number of hydrogen-bond donors (Lipinski definition) is 1. The molecule has 0 unspecified atom stereocenters. The molecule has 0 aromatic heterocycles. The summed E-state index contributed by atoms with van der Waals surface area (Å²) >= 11 is 3.24. The van der Waals surface area contributed by atoms with Crippen molar-refractivity contribution in [3.05, 3.63) is 64.2 Å². The van der Waals surface area contributed by atoms with Crippen LogP contribution in [0.25, 0.3) is 0 Å². The number of halogens is 3. The fraction of sp³-hybridized carbons (Fsp3) is 0.300. The van der Waals surface area contributed by atoms with Crippen LogP contribution in [-0.2, 0) is 33.4 Å². The number of aryl methyl sites for hydroxylation is 3. The Balaban J connectivity index is 2.07. The molecule has 6 nitrogen and oxygen atoms in total. The minimum Gasteiger partial charge on any atom is -0.402 e. The van der Waals surface area contributed by atoms with E-state index in [0.717, 1.165) is 5.56 Å². The van der Waals surface area contributed by atoms with E-state index in [1.54, 1.807) is 38.1 Å². The average molecular weight is 476 g/mol. The summed E-state index contributed by atoms with van der Waals surface area (Å²) in [4.78, 5) is 4.06. The van der Waals surface area contributed by atoms with Gasteiger partial charge in [0, 0.05) is 5.56 Å². The van der Waals surface area contributed by atoms with Gasteiger partial charge in [-0.1, -0.05) is 35.9 Å². The van der Waals surface area contributed by atoms with Crippen LogP contribution in [0.3, 0.4) is 0 Å². The fourth-order valence-electron chi connectivity index (χ4n) is 2.56. The van der Waals surface area contributed by atoms with E-state index >= 15 is 0 Å². The minimum atomic E-state index is -5.62. The maximum absolute atomic E-state index is 12.3. The van der Waals surface area contributed by atoms with Crippen LogP contribution in [0.1, 0.15) is 27.8 Å². The standard InChI is InChI=1S/C20H21F3N2O4S2/c1-12-4-6-15(7-5-12)18(24)25-19(30)29-17-11-13(2)16(10-14(17)3)8-9-28-31(26,27)20(21,22)23/h4-7,10-11H,8-9H2,1-3H3,(H2,24,25,30)/p+1. The highest BCUT2D eigenvalue weighted by Gasteiger charge is 2.47. The first kappa shape index (κ1) is 24.9. The summed E-state index contributed by atoms with van der Waals surface area (Å²) in [6.07, 6.45) is -0.0326. The van der Waals surface area contributed by atoms with Gasteiger partial charge in [0.2, 0.25) is 0 Å². The normalized spacial score (nSPS) is 12.7. The molecule has 0 aliphatic carbocycles. The third-order valence-electron chi connectivity index (χ3n) is 4.27. The summed E-state index contributed by atoms with van der Waals surface area (Å²) < 4.78 is 68.6. The Morgan fingerprint density at radius 1 is 1.10 bits per heavy atom. The van der Waals surface area contributed by atoms with E-state index in [-0.39, 0.29) is 17.5 Å². The van der Waals surface area contributed by atoms with Gasteiger partial charge in [0.05, 0.1) is 19.2 Å². The van der Waals surface area contributed by atoms with Crippen LogP contribution in [-0.4, -0.2) is 31.6 Å². The summed E-state index contributed by atoms with van der Waals surface area (Å²) in [7, 11) is -5.62. The van der Waals surface area contributed by atoms with Gasteiger partial charge in [0.1, 0.15) is 5.75 Å². The summed E-state index contributed by atoms with van der Waals surface area (Å²) in [5, 5.41) is 8.11. The van der Waals surface area contributed by atoms with Crippen molar-refractivity contribution in [2.75, 3.05) is 6.61 Å². The number of ether oxygens (including phenoxy) is 1. The molecule has 2 aromatic carbocycles. The summed E-state index contributed by atoms with van der Waals surface area (Å²) in [5.74, 6) is 0.426. The molecule has 168 valence electrons. The second-order valence-electron chi connectivity index (χ2n) is 6.75. The maximum Gasteiger partial charge on any atom is 0.523 e. The third kappa shape index (κ3) is 6.81. The first-order chi connectivity index (χ1) is 14.3. The van der Waals surface area contributed by atoms with E-state index in [1.807, 2.05) is 19.1 Å². The molecule has 0 saturated carbocycles. The van der Waals surface area contributed by atoms with Crippen LogP contribution in [0.2, 0.25) is 0 Å². The van der Waals surface area contributed by atoms with Gasteiger partial charge in [-0.3, -0.25) is 9.59 Å². The highest BCUT2D eigenvalue weighted by Crippen LogP contribution is 2.26. The maximum atomic E-state index is 12.3. The van der Waals surface area contributed by atoms with Crippen molar-refractivity contribution in [2.45, 2.75) is 32.7 Å². The van der Waals surface area contributed by atoms with Gasteiger partial charge in [-0.2, -0.15) is 21.6 Å². The second-order valence-corrected chi connectivity index (χ2v) is 8.78. The SMILES string of the molecule is Cc1ccc(C(=N)N=C([SH2+])Oc2cc(C)c(CCOS(=O)(=O)C(F)(F)F)cc2C)cc1. The van der Waals surface area contributed by atoms with Gasteiger partial charge < -0.3 is 4.74 Å². The van der Waals surface area contributed by atoms with Gasteiger partial charge in [-0.15, -0.1) is 4.99 Å². The van der Waals surface area contributed by atoms with Crippen LogP contribution in [0.5, 0.6) is 5.75 Å². The van der Waals surface area contributed by atoms with Crippen molar-refractivity contribution < 1.29 is 30.5 Å². The van der Waals surface area contributed by atoms with Gasteiger partial charge in [-0.25, -0.2) is 0 Å². The highest BCUT2D eigenvalue weighted by molar-refractivity contribution is 7.87. The Labute approximate surface area is 184 Å². The predicted octanol–water partition coefficient (Wildman–Crippen LogP) is 3.79. The van der Waals surface area contributed by atoms with Crippen molar-refractivity contribution in [1.29, 1.82) is 5.41 Å².